The molecule has 4 rings (SSSR count). The Labute approximate surface area is 205 Å². The molecule has 3 aromatic rings. The molecule has 174 valence electrons. The highest BCUT2D eigenvalue weighted by atomic mass is 16.5. The zero-order chi connectivity index (χ0) is 24.6. The van der Waals surface area contributed by atoms with E-state index in [4.69, 9.17) is 9.47 Å². The zero-order valence-electron chi connectivity index (χ0n) is 19.6. The van der Waals surface area contributed by atoms with Crippen LogP contribution >= 0.6 is 0 Å². The molecule has 1 aliphatic rings. The number of dihydropyridines is 1. The third-order valence-electron chi connectivity index (χ3n) is 5.60. The number of methoxy groups -OCH3 is 1. The average Bonchev–Trinajstić information content (AvgIpc) is 2.91. The predicted octanol–water partition coefficient (Wildman–Crippen LogP) is 4.86. The molecular formula is C30H25NO4. The summed E-state index contributed by atoms with van der Waals surface area (Å²) in [5.41, 5.74) is 4.09. The van der Waals surface area contributed by atoms with Crippen molar-refractivity contribution >= 4 is 17.6 Å². The van der Waals surface area contributed by atoms with Crippen LogP contribution in [-0.4, -0.2) is 19.0 Å². The first-order valence-electron chi connectivity index (χ1n) is 11.2. The van der Waals surface area contributed by atoms with Crippen molar-refractivity contribution in [2.24, 2.45) is 5.92 Å². The van der Waals surface area contributed by atoms with Crippen LogP contribution in [0, 0.1) is 17.8 Å². The Morgan fingerprint density at radius 2 is 1.43 bits per heavy atom. The molecule has 0 radical (unpaired) electrons. The summed E-state index contributed by atoms with van der Waals surface area (Å²) in [6.45, 7) is 1.87. The number of allylic oxidation sites excluding steroid dienone is 1. The first kappa shape index (κ1) is 23.6. The second-order valence-corrected chi connectivity index (χ2v) is 7.94. The van der Waals surface area contributed by atoms with Gasteiger partial charge in [-0.1, -0.05) is 90.7 Å². The van der Waals surface area contributed by atoms with Gasteiger partial charge in [0.1, 0.15) is 6.61 Å². The Morgan fingerprint density at radius 1 is 0.829 bits per heavy atom. The summed E-state index contributed by atoms with van der Waals surface area (Å²) in [5.74, 6) is 4.32. The van der Waals surface area contributed by atoms with Gasteiger partial charge < -0.3 is 14.8 Å². The number of hydrogen-bond acceptors (Lipinski definition) is 5. The topological polar surface area (TPSA) is 64.6 Å². The van der Waals surface area contributed by atoms with Gasteiger partial charge in [0.25, 0.3) is 0 Å². The highest BCUT2D eigenvalue weighted by Crippen LogP contribution is 2.35. The maximum Gasteiger partial charge on any atom is 0.338 e. The van der Waals surface area contributed by atoms with Crippen LogP contribution in [0.5, 0.6) is 0 Å². The lowest BCUT2D eigenvalue weighted by molar-refractivity contribution is -0.140. The molecule has 0 bridgehead atoms. The highest BCUT2D eigenvalue weighted by Gasteiger charge is 2.37. The van der Waals surface area contributed by atoms with Gasteiger partial charge in [0, 0.05) is 11.3 Å². The summed E-state index contributed by atoms with van der Waals surface area (Å²) >= 11 is 0. The quantitative estimate of drug-likeness (QED) is 0.433. The van der Waals surface area contributed by atoms with Gasteiger partial charge in [0.05, 0.1) is 29.9 Å². The summed E-state index contributed by atoms with van der Waals surface area (Å²) in [6, 6.07) is 28.3. The lowest BCUT2D eigenvalue weighted by Gasteiger charge is -2.28. The fourth-order valence-corrected chi connectivity index (χ4v) is 3.88. The van der Waals surface area contributed by atoms with Crippen LogP contribution in [0.4, 0.5) is 0 Å². The maximum absolute atomic E-state index is 13.6. The molecule has 0 saturated heterocycles. The van der Waals surface area contributed by atoms with E-state index in [9.17, 15) is 9.59 Å². The molecule has 5 nitrogen and oxygen atoms in total. The Hall–Kier alpha value is -4.56. The van der Waals surface area contributed by atoms with Crippen molar-refractivity contribution in [3.63, 3.8) is 0 Å². The van der Waals surface area contributed by atoms with Gasteiger partial charge in [-0.05, 0) is 30.2 Å². The molecule has 35 heavy (non-hydrogen) atoms. The van der Waals surface area contributed by atoms with Crippen LogP contribution in [0.2, 0.25) is 0 Å². The van der Waals surface area contributed by atoms with Gasteiger partial charge in [0.15, 0.2) is 0 Å². The van der Waals surface area contributed by atoms with Gasteiger partial charge in [-0.15, -0.1) is 0 Å². The van der Waals surface area contributed by atoms with Crippen LogP contribution in [0.3, 0.4) is 0 Å². The smallest absolute Gasteiger partial charge is 0.338 e. The third kappa shape index (κ3) is 5.51. The molecule has 1 aliphatic heterocycles. The van der Waals surface area contributed by atoms with E-state index in [0.717, 1.165) is 16.7 Å². The van der Waals surface area contributed by atoms with Crippen LogP contribution in [0.15, 0.2) is 108 Å². The monoisotopic (exact) mass is 463 g/mol. The summed E-state index contributed by atoms with van der Waals surface area (Å²) in [7, 11) is 1.31. The average molecular weight is 464 g/mol. The van der Waals surface area contributed by atoms with E-state index in [0.29, 0.717) is 11.4 Å². The zero-order valence-corrected chi connectivity index (χ0v) is 19.6. The fourth-order valence-electron chi connectivity index (χ4n) is 3.88. The molecular weight excluding hydrogens is 438 g/mol. The van der Waals surface area contributed by atoms with Crippen molar-refractivity contribution in [1.82, 2.24) is 5.32 Å². The number of carbonyl (C=O) groups excluding carboxylic acids is 2. The van der Waals surface area contributed by atoms with Gasteiger partial charge >= 0.3 is 11.9 Å². The lowest BCUT2D eigenvalue weighted by Crippen LogP contribution is -2.33. The van der Waals surface area contributed by atoms with Crippen molar-refractivity contribution in [2.45, 2.75) is 13.5 Å². The van der Waals surface area contributed by atoms with Crippen molar-refractivity contribution in [2.75, 3.05) is 7.11 Å². The van der Waals surface area contributed by atoms with Gasteiger partial charge in [-0.3, -0.25) is 0 Å². The van der Waals surface area contributed by atoms with Gasteiger partial charge in [0.2, 0.25) is 0 Å². The number of benzene rings is 3. The number of rotatable bonds is 5. The molecule has 0 amide bonds. The summed E-state index contributed by atoms with van der Waals surface area (Å²) in [5, 5.41) is 3.25. The number of nitrogens with one attached hydrogen (secondary N) is 1. The lowest BCUT2D eigenvalue weighted by atomic mass is 9.84. The van der Waals surface area contributed by atoms with Crippen molar-refractivity contribution < 1.29 is 19.1 Å². The molecule has 1 N–H and O–H groups in total. The summed E-state index contributed by atoms with van der Waals surface area (Å²) in [6.07, 6.45) is 0. The molecule has 0 unspecified atom stereocenters. The second-order valence-electron chi connectivity index (χ2n) is 7.94. The molecule has 0 fully saturated rings. The molecule has 0 spiro atoms. The summed E-state index contributed by atoms with van der Waals surface area (Å²) in [4.78, 5) is 26.4. The molecule has 5 heteroatoms. The van der Waals surface area contributed by atoms with Crippen molar-refractivity contribution in [3.8, 4) is 11.8 Å². The predicted molar refractivity (Wildman–Crippen MR) is 134 cm³/mol. The molecule has 0 aromatic heterocycles. The second kappa shape index (κ2) is 11.0. The number of esters is 2. The van der Waals surface area contributed by atoms with E-state index < -0.39 is 17.9 Å². The Balaban J connectivity index is 1.83. The SMILES string of the molecule is COC(=O)C1=C(C)NC(c2ccccc2)=C(C(=O)OCc2ccccc2)[C@@H]1C#Cc1ccccc1. The van der Waals surface area contributed by atoms with Gasteiger partial charge in [-0.25, -0.2) is 9.59 Å². The third-order valence-corrected chi connectivity index (χ3v) is 5.60. The van der Waals surface area contributed by atoms with Crippen molar-refractivity contribution in [1.29, 1.82) is 0 Å². The number of ether oxygens (including phenoxy) is 2. The molecule has 1 atom stereocenters. The van der Waals surface area contributed by atoms with Gasteiger partial charge in [-0.2, -0.15) is 0 Å². The van der Waals surface area contributed by atoms with Crippen LogP contribution in [0.25, 0.3) is 5.70 Å². The standard InChI is InChI=1S/C30H25NO4/c1-21-26(29(32)34-2)25(19-18-22-12-6-3-7-13-22)27(28(31-21)24-16-10-5-11-17-24)30(33)35-20-23-14-8-4-9-15-23/h3-17,25,31H,20H2,1-2H3/t25-/m1/s1. The van der Waals surface area contributed by atoms with E-state index in [1.165, 1.54) is 7.11 Å². The van der Waals surface area contributed by atoms with Crippen molar-refractivity contribution in [3.05, 3.63) is 125 Å². The molecule has 1 heterocycles. The minimum absolute atomic E-state index is 0.0976. The molecule has 0 aliphatic carbocycles. The normalized spacial score (nSPS) is 15.0. The Kier molecular flexibility index (Phi) is 7.44. The van der Waals surface area contributed by atoms with Crippen LogP contribution in [0.1, 0.15) is 23.6 Å². The first-order valence-corrected chi connectivity index (χ1v) is 11.2. The van der Waals surface area contributed by atoms with E-state index in [2.05, 4.69) is 17.2 Å². The Bertz CT molecular complexity index is 1330. The van der Waals surface area contributed by atoms with Crippen LogP contribution < -0.4 is 5.32 Å². The van der Waals surface area contributed by atoms with E-state index in [1.807, 2.05) is 91.0 Å². The highest BCUT2D eigenvalue weighted by molar-refractivity contribution is 6.04. The molecule has 3 aromatic carbocycles. The first-order chi connectivity index (χ1) is 17.1. The van der Waals surface area contributed by atoms with E-state index >= 15 is 0 Å². The van der Waals surface area contributed by atoms with E-state index in [-0.39, 0.29) is 17.8 Å². The minimum Gasteiger partial charge on any atom is -0.466 e. The number of hydrogen-bond donors (Lipinski definition) is 1. The summed E-state index contributed by atoms with van der Waals surface area (Å²) < 4.78 is 10.8. The number of carbonyl (C=O) groups is 2. The largest absolute Gasteiger partial charge is 0.466 e. The van der Waals surface area contributed by atoms with Crippen LogP contribution in [-0.2, 0) is 25.7 Å². The van der Waals surface area contributed by atoms with E-state index in [1.54, 1.807) is 6.92 Å². The molecule has 0 saturated carbocycles. The Morgan fingerprint density at radius 3 is 2.06 bits per heavy atom. The fraction of sp³-hybridized carbons (Fsp3) is 0.133. The minimum atomic E-state index is -0.845. The maximum atomic E-state index is 13.6.